The van der Waals surface area contributed by atoms with Crippen molar-refractivity contribution in [2.75, 3.05) is 30.8 Å². The summed E-state index contributed by atoms with van der Waals surface area (Å²) < 4.78 is 4.94. The van der Waals surface area contributed by atoms with Gasteiger partial charge in [-0.3, -0.25) is 14.9 Å². The molecule has 3 N–H and O–H groups in total. The summed E-state index contributed by atoms with van der Waals surface area (Å²) in [7, 11) is 1.43. The number of aromatic nitrogens is 2. The third kappa shape index (κ3) is 2.10. The number of nitrogens with one attached hydrogen (secondary N) is 1. The van der Waals surface area contributed by atoms with Gasteiger partial charge in [0.15, 0.2) is 5.82 Å². The molecule has 0 unspecified atom stereocenters. The molecule has 1 fully saturated rings. The van der Waals surface area contributed by atoms with Crippen LogP contribution in [0.25, 0.3) is 0 Å². The highest BCUT2D eigenvalue weighted by Crippen LogP contribution is 2.27. The predicted octanol–water partition coefficient (Wildman–Crippen LogP) is -1.47. The van der Waals surface area contributed by atoms with E-state index in [9.17, 15) is 9.59 Å². The molecule has 8 nitrogen and oxygen atoms in total. The summed E-state index contributed by atoms with van der Waals surface area (Å²) in [6.45, 7) is 0.0478. The summed E-state index contributed by atoms with van der Waals surface area (Å²) in [5, 5.41) is 2.19. The molecule has 0 bridgehead atoms. The predicted molar refractivity (Wildman–Crippen MR) is 58.4 cm³/mol. The van der Waals surface area contributed by atoms with E-state index in [2.05, 4.69) is 15.3 Å². The molecule has 0 radical (unpaired) electrons. The fourth-order valence-corrected chi connectivity index (χ4v) is 1.57. The third-order valence-corrected chi connectivity index (χ3v) is 2.27. The van der Waals surface area contributed by atoms with Gasteiger partial charge in [0.05, 0.1) is 20.2 Å². The molecule has 1 aliphatic rings. The zero-order valence-corrected chi connectivity index (χ0v) is 9.14. The molecule has 0 aromatic carbocycles. The first-order valence-electron chi connectivity index (χ1n) is 4.84. The maximum Gasteiger partial charge on any atom is 0.246 e. The third-order valence-electron chi connectivity index (χ3n) is 2.27. The van der Waals surface area contributed by atoms with Gasteiger partial charge in [-0.05, 0) is 0 Å². The van der Waals surface area contributed by atoms with Gasteiger partial charge >= 0.3 is 0 Å². The van der Waals surface area contributed by atoms with E-state index in [1.54, 1.807) is 0 Å². The van der Waals surface area contributed by atoms with Crippen LogP contribution in [0.3, 0.4) is 0 Å². The Kier molecular flexibility index (Phi) is 2.77. The van der Waals surface area contributed by atoms with Crippen molar-refractivity contribution in [1.82, 2.24) is 15.3 Å². The first-order valence-corrected chi connectivity index (χ1v) is 4.84. The lowest BCUT2D eigenvalue weighted by Crippen LogP contribution is -2.52. The average Bonchev–Trinajstić information content (AvgIpc) is 2.28. The highest BCUT2D eigenvalue weighted by atomic mass is 16.5. The maximum absolute atomic E-state index is 11.2. The lowest BCUT2D eigenvalue weighted by molar-refractivity contribution is -0.130. The average molecular weight is 237 g/mol. The van der Waals surface area contributed by atoms with Crippen molar-refractivity contribution < 1.29 is 14.3 Å². The molecule has 1 aliphatic heterocycles. The number of anilines is 2. The number of rotatable bonds is 2. The van der Waals surface area contributed by atoms with Gasteiger partial charge in [0.1, 0.15) is 12.0 Å². The lowest BCUT2D eigenvalue weighted by atomic mass is 10.3. The molecule has 2 heterocycles. The Morgan fingerprint density at radius 2 is 2.00 bits per heavy atom. The van der Waals surface area contributed by atoms with Gasteiger partial charge < -0.3 is 15.4 Å². The number of carbonyl (C=O) groups is 2. The minimum atomic E-state index is -0.391. The molecule has 0 saturated carbocycles. The van der Waals surface area contributed by atoms with Gasteiger partial charge in [0, 0.05) is 0 Å². The lowest BCUT2D eigenvalue weighted by Gasteiger charge is -2.27. The number of hydrogen-bond acceptors (Lipinski definition) is 7. The first kappa shape index (κ1) is 11.1. The van der Waals surface area contributed by atoms with Gasteiger partial charge in [0.25, 0.3) is 0 Å². The molecule has 1 aromatic heterocycles. The minimum Gasteiger partial charge on any atom is -0.479 e. The number of nitrogens with two attached hydrogens (primary N) is 1. The summed E-state index contributed by atoms with van der Waals surface area (Å²) in [5.41, 5.74) is 5.99. The standard InChI is InChI=1S/C9H11N5O3/c1-17-9-7(10)8(11-4-12-9)14-2-5(15)13-6(16)3-14/h4H,2-3,10H2,1H3,(H,13,15,16). The summed E-state index contributed by atoms with van der Waals surface area (Å²) in [5.74, 6) is -0.245. The highest BCUT2D eigenvalue weighted by Gasteiger charge is 2.26. The Labute approximate surface area is 96.8 Å². The molecular formula is C9H11N5O3. The topological polar surface area (TPSA) is 110 Å². The zero-order valence-electron chi connectivity index (χ0n) is 9.14. The van der Waals surface area contributed by atoms with Crippen LogP contribution < -0.4 is 20.7 Å². The largest absolute Gasteiger partial charge is 0.479 e. The quantitative estimate of drug-likeness (QED) is 0.604. The normalized spacial score (nSPS) is 15.7. The second-order valence-electron chi connectivity index (χ2n) is 3.45. The van der Waals surface area contributed by atoms with Crippen LogP contribution in [0.5, 0.6) is 5.88 Å². The number of methoxy groups -OCH3 is 1. The molecule has 0 spiro atoms. The van der Waals surface area contributed by atoms with E-state index in [4.69, 9.17) is 10.5 Å². The number of carbonyl (C=O) groups excluding carboxylic acids is 2. The van der Waals surface area contributed by atoms with Crippen LogP contribution >= 0.6 is 0 Å². The van der Waals surface area contributed by atoms with Crippen molar-refractivity contribution in [3.63, 3.8) is 0 Å². The Hall–Kier alpha value is -2.38. The molecule has 1 saturated heterocycles. The molecule has 2 rings (SSSR count). The Balaban J connectivity index is 2.33. The number of nitrogens with zero attached hydrogens (tertiary/aromatic N) is 3. The Morgan fingerprint density at radius 1 is 1.35 bits per heavy atom. The number of nitrogen functional groups attached to an aromatic ring is 1. The number of piperazine rings is 1. The molecule has 8 heteroatoms. The summed E-state index contributed by atoms with van der Waals surface area (Å²) in [6, 6.07) is 0. The molecule has 0 aliphatic carbocycles. The monoisotopic (exact) mass is 237 g/mol. The van der Waals surface area contributed by atoms with Crippen LogP contribution in [0.15, 0.2) is 6.33 Å². The highest BCUT2D eigenvalue weighted by molar-refractivity contribution is 6.03. The summed E-state index contributed by atoms with van der Waals surface area (Å²) in [4.78, 5) is 31.7. The van der Waals surface area contributed by atoms with Crippen LogP contribution in [-0.2, 0) is 9.59 Å². The van der Waals surface area contributed by atoms with E-state index in [-0.39, 0.29) is 24.7 Å². The van der Waals surface area contributed by atoms with Crippen LogP contribution in [0, 0.1) is 0 Å². The van der Waals surface area contributed by atoms with Gasteiger partial charge in [-0.25, -0.2) is 4.98 Å². The summed E-state index contributed by atoms with van der Waals surface area (Å²) in [6.07, 6.45) is 1.27. The van der Waals surface area contributed by atoms with Crippen LogP contribution in [0.4, 0.5) is 11.5 Å². The first-order chi connectivity index (χ1) is 8.11. The van der Waals surface area contributed by atoms with Crippen molar-refractivity contribution in [3.8, 4) is 5.88 Å². The molecule has 0 atom stereocenters. The van der Waals surface area contributed by atoms with Crippen molar-refractivity contribution >= 4 is 23.3 Å². The van der Waals surface area contributed by atoms with E-state index in [0.29, 0.717) is 5.82 Å². The van der Waals surface area contributed by atoms with E-state index >= 15 is 0 Å². The number of amides is 2. The van der Waals surface area contributed by atoms with Crippen molar-refractivity contribution in [3.05, 3.63) is 6.33 Å². The van der Waals surface area contributed by atoms with Crippen LogP contribution in [0.1, 0.15) is 0 Å². The number of hydrogen-bond donors (Lipinski definition) is 2. The van der Waals surface area contributed by atoms with Gasteiger partial charge in [-0.15, -0.1) is 0 Å². The molecule has 1 aromatic rings. The smallest absolute Gasteiger partial charge is 0.246 e. The van der Waals surface area contributed by atoms with E-state index in [1.807, 2.05) is 0 Å². The fourth-order valence-electron chi connectivity index (χ4n) is 1.57. The van der Waals surface area contributed by atoms with Gasteiger partial charge in [-0.2, -0.15) is 4.98 Å². The van der Waals surface area contributed by atoms with Crippen molar-refractivity contribution in [2.45, 2.75) is 0 Å². The number of imide groups is 1. The van der Waals surface area contributed by atoms with E-state index in [1.165, 1.54) is 18.3 Å². The zero-order chi connectivity index (χ0) is 12.4. The second-order valence-corrected chi connectivity index (χ2v) is 3.45. The molecular weight excluding hydrogens is 226 g/mol. The molecule has 90 valence electrons. The summed E-state index contributed by atoms with van der Waals surface area (Å²) >= 11 is 0. The van der Waals surface area contributed by atoms with E-state index < -0.39 is 11.8 Å². The van der Waals surface area contributed by atoms with Crippen LogP contribution in [-0.4, -0.2) is 42.0 Å². The van der Waals surface area contributed by atoms with Gasteiger partial charge in [0.2, 0.25) is 17.7 Å². The fraction of sp³-hybridized carbons (Fsp3) is 0.333. The van der Waals surface area contributed by atoms with Crippen LogP contribution in [0.2, 0.25) is 0 Å². The number of ether oxygens (including phenoxy) is 1. The maximum atomic E-state index is 11.2. The Bertz CT molecular complexity index is 460. The van der Waals surface area contributed by atoms with Crippen molar-refractivity contribution in [2.24, 2.45) is 0 Å². The second kappa shape index (κ2) is 4.24. The Morgan fingerprint density at radius 3 is 2.59 bits per heavy atom. The molecule has 2 amide bonds. The minimum absolute atomic E-state index is 0.0239. The van der Waals surface area contributed by atoms with Crippen molar-refractivity contribution in [1.29, 1.82) is 0 Å². The molecule has 17 heavy (non-hydrogen) atoms. The van der Waals surface area contributed by atoms with E-state index in [0.717, 1.165) is 0 Å². The van der Waals surface area contributed by atoms with Gasteiger partial charge in [-0.1, -0.05) is 0 Å². The SMILES string of the molecule is COc1ncnc(N2CC(=O)NC(=O)C2)c1N.